The zero-order valence-corrected chi connectivity index (χ0v) is 17.8. The van der Waals surface area contributed by atoms with E-state index in [0.717, 1.165) is 32.5 Å². The molecular formula is C22H32ClN3O2. The van der Waals surface area contributed by atoms with Crippen LogP contribution < -0.4 is 5.32 Å². The molecule has 1 aliphatic carbocycles. The van der Waals surface area contributed by atoms with Crippen LogP contribution in [0.25, 0.3) is 0 Å². The first-order valence-electron chi connectivity index (χ1n) is 10.5. The van der Waals surface area contributed by atoms with Crippen molar-refractivity contribution < 1.29 is 9.59 Å². The SMILES string of the molecule is CC(C)CNC(=O)C(C1CCCC1)N1CCN(C(=O)c2ccc(Cl)cc2)CC1. The molecule has 28 heavy (non-hydrogen) atoms. The number of carbonyl (C=O) groups excluding carboxylic acids is 2. The summed E-state index contributed by atoms with van der Waals surface area (Å²) in [6.07, 6.45) is 4.69. The van der Waals surface area contributed by atoms with Gasteiger partial charge < -0.3 is 10.2 Å². The summed E-state index contributed by atoms with van der Waals surface area (Å²) in [6, 6.07) is 6.99. The van der Waals surface area contributed by atoms with Gasteiger partial charge in [0.2, 0.25) is 5.91 Å². The lowest BCUT2D eigenvalue weighted by atomic mass is 9.94. The summed E-state index contributed by atoms with van der Waals surface area (Å²) in [5.41, 5.74) is 0.667. The van der Waals surface area contributed by atoms with E-state index in [1.54, 1.807) is 24.3 Å². The first-order valence-corrected chi connectivity index (χ1v) is 10.9. The Morgan fingerprint density at radius 1 is 1.07 bits per heavy atom. The van der Waals surface area contributed by atoms with Gasteiger partial charge in [0.15, 0.2) is 0 Å². The van der Waals surface area contributed by atoms with Gasteiger partial charge in [0.1, 0.15) is 0 Å². The Morgan fingerprint density at radius 3 is 2.25 bits per heavy atom. The van der Waals surface area contributed by atoms with Crippen molar-refractivity contribution in [1.29, 1.82) is 0 Å². The lowest BCUT2D eigenvalue weighted by Gasteiger charge is -2.40. The second-order valence-corrected chi connectivity index (χ2v) is 8.90. The fourth-order valence-corrected chi connectivity index (χ4v) is 4.46. The zero-order chi connectivity index (χ0) is 20.1. The Hall–Kier alpha value is -1.59. The van der Waals surface area contributed by atoms with Crippen molar-refractivity contribution in [3.05, 3.63) is 34.9 Å². The van der Waals surface area contributed by atoms with E-state index >= 15 is 0 Å². The number of hydrogen-bond acceptors (Lipinski definition) is 3. The van der Waals surface area contributed by atoms with Crippen LogP contribution in [0.15, 0.2) is 24.3 Å². The van der Waals surface area contributed by atoms with Crippen LogP contribution in [-0.4, -0.2) is 60.4 Å². The van der Waals surface area contributed by atoms with Crippen LogP contribution in [-0.2, 0) is 4.79 Å². The third-order valence-electron chi connectivity index (χ3n) is 5.89. The zero-order valence-electron chi connectivity index (χ0n) is 17.0. The Kier molecular flexibility index (Phi) is 7.36. The molecule has 0 radical (unpaired) electrons. The molecule has 1 N–H and O–H groups in total. The Balaban J connectivity index is 1.61. The number of amides is 2. The highest BCUT2D eigenvalue weighted by Crippen LogP contribution is 2.31. The number of nitrogens with one attached hydrogen (secondary N) is 1. The van der Waals surface area contributed by atoms with Crippen molar-refractivity contribution in [3.63, 3.8) is 0 Å². The summed E-state index contributed by atoms with van der Waals surface area (Å²) >= 11 is 5.92. The Bertz CT molecular complexity index is 663. The van der Waals surface area contributed by atoms with Crippen LogP contribution in [0.3, 0.4) is 0 Å². The van der Waals surface area contributed by atoms with Gasteiger partial charge in [-0.25, -0.2) is 0 Å². The van der Waals surface area contributed by atoms with Gasteiger partial charge in [-0.2, -0.15) is 0 Å². The van der Waals surface area contributed by atoms with E-state index < -0.39 is 0 Å². The summed E-state index contributed by atoms with van der Waals surface area (Å²) < 4.78 is 0. The second-order valence-electron chi connectivity index (χ2n) is 8.46. The topological polar surface area (TPSA) is 52.7 Å². The molecule has 1 saturated heterocycles. The molecule has 0 aromatic heterocycles. The maximum absolute atomic E-state index is 13.0. The monoisotopic (exact) mass is 405 g/mol. The minimum absolute atomic E-state index is 0.0398. The molecule has 3 rings (SSSR count). The minimum atomic E-state index is -0.0611. The van der Waals surface area contributed by atoms with E-state index in [0.29, 0.717) is 35.5 Å². The second kappa shape index (κ2) is 9.75. The summed E-state index contributed by atoms with van der Waals surface area (Å²) in [5, 5.41) is 3.78. The number of benzene rings is 1. The van der Waals surface area contributed by atoms with Crippen LogP contribution in [0, 0.1) is 11.8 Å². The van der Waals surface area contributed by atoms with Crippen molar-refractivity contribution in [2.45, 2.75) is 45.6 Å². The molecule has 0 spiro atoms. The molecule has 1 aliphatic heterocycles. The number of piperazine rings is 1. The van der Waals surface area contributed by atoms with E-state index in [1.807, 2.05) is 4.90 Å². The molecule has 1 aromatic rings. The molecule has 1 saturated carbocycles. The Labute approximate surface area is 173 Å². The van der Waals surface area contributed by atoms with Crippen molar-refractivity contribution in [1.82, 2.24) is 15.1 Å². The average molecular weight is 406 g/mol. The molecule has 5 nitrogen and oxygen atoms in total. The summed E-state index contributed by atoms with van der Waals surface area (Å²) in [6.45, 7) is 7.75. The normalized spacial score (nSPS) is 19.8. The summed E-state index contributed by atoms with van der Waals surface area (Å²) in [5.74, 6) is 1.09. The van der Waals surface area contributed by atoms with Crippen LogP contribution in [0.4, 0.5) is 0 Å². The van der Waals surface area contributed by atoms with Crippen molar-refractivity contribution in [2.24, 2.45) is 11.8 Å². The lowest BCUT2D eigenvalue weighted by Crippen LogP contribution is -2.58. The van der Waals surface area contributed by atoms with Crippen molar-refractivity contribution in [2.75, 3.05) is 32.7 Å². The van der Waals surface area contributed by atoms with E-state index in [9.17, 15) is 9.59 Å². The molecule has 2 amide bonds. The molecule has 2 fully saturated rings. The third kappa shape index (κ3) is 5.26. The van der Waals surface area contributed by atoms with E-state index in [2.05, 4.69) is 24.1 Å². The highest BCUT2D eigenvalue weighted by atomic mass is 35.5. The molecular weight excluding hydrogens is 374 g/mol. The van der Waals surface area contributed by atoms with Gasteiger partial charge in [0, 0.05) is 43.3 Å². The standard InChI is InChI=1S/C22H32ClN3O2/c1-16(2)15-24-21(27)20(17-5-3-4-6-17)25-11-13-26(14-12-25)22(28)18-7-9-19(23)10-8-18/h7-10,16-17,20H,3-6,11-15H2,1-2H3,(H,24,27). The highest BCUT2D eigenvalue weighted by molar-refractivity contribution is 6.30. The van der Waals surface area contributed by atoms with Gasteiger partial charge in [-0.15, -0.1) is 0 Å². The van der Waals surface area contributed by atoms with Crippen LogP contribution in [0.2, 0.25) is 5.02 Å². The van der Waals surface area contributed by atoms with Gasteiger partial charge in [-0.1, -0.05) is 38.3 Å². The van der Waals surface area contributed by atoms with E-state index in [4.69, 9.17) is 11.6 Å². The molecule has 0 bridgehead atoms. The minimum Gasteiger partial charge on any atom is -0.354 e. The third-order valence-corrected chi connectivity index (χ3v) is 6.14. The molecule has 1 unspecified atom stereocenters. The quantitative estimate of drug-likeness (QED) is 0.788. The molecule has 154 valence electrons. The van der Waals surface area contributed by atoms with Crippen molar-refractivity contribution >= 4 is 23.4 Å². The van der Waals surface area contributed by atoms with Gasteiger partial charge in [0.05, 0.1) is 6.04 Å². The van der Waals surface area contributed by atoms with Gasteiger partial charge in [-0.3, -0.25) is 14.5 Å². The molecule has 1 aromatic carbocycles. The summed E-state index contributed by atoms with van der Waals surface area (Å²) in [4.78, 5) is 29.9. The number of carbonyl (C=O) groups is 2. The molecule has 6 heteroatoms. The van der Waals surface area contributed by atoms with Gasteiger partial charge in [-0.05, 0) is 48.9 Å². The smallest absolute Gasteiger partial charge is 0.253 e. The van der Waals surface area contributed by atoms with Crippen LogP contribution >= 0.6 is 11.6 Å². The van der Waals surface area contributed by atoms with E-state index in [1.165, 1.54) is 12.8 Å². The largest absolute Gasteiger partial charge is 0.354 e. The van der Waals surface area contributed by atoms with Crippen molar-refractivity contribution in [3.8, 4) is 0 Å². The maximum atomic E-state index is 13.0. The van der Waals surface area contributed by atoms with E-state index in [-0.39, 0.29) is 17.9 Å². The predicted octanol–water partition coefficient (Wildman–Crippen LogP) is 3.43. The number of hydrogen-bond donors (Lipinski definition) is 1. The fourth-order valence-electron chi connectivity index (χ4n) is 4.34. The van der Waals surface area contributed by atoms with Crippen LogP contribution in [0.5, 0.6) is 0 Å². The maximum Gasteiger partial charge on any atom is 0.253 e. The number of rotatable bonds is 6. The summed E-state index contributed by atoms with van der Waals surface area (Å²) in [7, 11) is 0. The lowest BCUT2D eigenvalue weighted by molar-refractivity contribution is -0.129. The molecule has 1 atom stereocenters. The number of nitrogens with zero attached hydrogens (tertiary/aromatic N) is 2. The van der Waals surface area contributed by atoms with Crippen LogP contribution in [0.1, 0.15) is 49.9 Å². The first kappa shape index (κ1) is 21.1. The van der Waals surface area contributed by atoms with Gasteiger partial charge >= 0.3 is 0 Å². The Morgan fingerprint density at radius 2 is 1.68 bits per heavy atom. The number of halogens is 1. The molecule has 1 heterocycles. The highest BCUT2D eigenvalue weighted by Gasteiger charge is 2.37. The fraction of sp³-hybridized carbons (Fsp3) is 0.636. The predicted molar refractivity (Wildman–Crippen MR) is 113 cm³/mol. The van der Waals surface area contributed by atoms with Gasteiger partial charge in [0.25, 0.3) is 5.91 Å². The first-order chi connectivity index (χ1) is 13.5. The molecule has 2 aliphatic rings. The average Bonchev–Trinajstić information content (AvgIpc) is 3.21.